The molecule has 4 heteroatoms. The lowest BCUT2D eigenvalue weighted by Crippen LogP contribution is -2.06. The molecule has 15 heavy (non-hydrogen) atoms. The Balaban J connectivity index is 2.50. The Hall–Kier alpha value is -1.55. The van der Waals surface area contributed by atoms with Gasteiger partial charge in [-0.3, -0.25) is 4.89 Å². The molecular formula is C11H14O4. The Morgan fingerprint density at radius 1 is 1.27 bits per heavy atom. The Labute approximate surface area is 88.7 Å². The van der Waals surface area contributed by atoms with E-state index in [1.165, 1.54) is 0 Å². The van der Waals surface area contributed by atoms with Crippen LogP contribution in [0.5, 0.6) is 5.75 Å². The summed E-state index contributed by atoms with van der Waals surface area (Å²) < 4.78 is 4.96. The zero-order valence-corrected chi connectivity index (χ0v) is 8.86. The quantitative estimate of drug-likeness (QED) is 0.424. The topological polar surface area (TPSA) is 44.8 Å². The SMILES string of the molecule is CCCOOC(=O)c1ccc(OC)cc1. The summed E-state index contributed by atoms with van der Waals surface area (Å²) in [5, 5.41) is 0. The van der Waals surface area contributed by atoms with Crippen molar-refractivity contribution in [3.05, 3.63) is 29.8 Å². The van der Waals surface area contributed by atoms with E-state index < -0.39 is 5.97 Å². The van der Waals surface area contributed by atoms with Crippen LogP contribution in [0.15, 0.2) is 24.3 Å². The second-order valence-corrected chi connectivity index (χ2v) is 2.92. The Bertz CT molecular complexity index is 305. The smallest absolute Gasteiger partial charge is 0.373 e. The number of hydrogen-bond acceptors (Lipinski definition) is 4. The fourth-order valence-corrected chi connectivity index (χ4v) is 0.954. The van der Waals surface area contributed by atoms with E-state index in [1.807, 2.05) is 6.92 Å². The summed E-state index contributed by atoms with van der Waals surface area (Å²) >= 11 is 0. The van der Waals surface area contributed by atoms with E-state index in [4.69, 9.17) is 4.74 Å². The first-order valence-corrected chi connectivity index (χ1v) is 4.75. The zero-order chi connectivity index (χ0) is 11.1. The molecule has 0 heterocycles. The molecule has 4 nitrogen and oxygen atoms in total. The van der Waals surface area contributed by atoms with Crippen molar-refractivity contribution in [3.8, 4) is 5.75 Å². The summed E-state index contributed by atoms with van der Waals surface area (Å²) in [5.41, 5.74) is 0.437. The second kappa shape index (κ2) is 6.03. The highest BCUT2D eigenvalue weighted by Gasteiger charge is 2.07. The summed E-state index contributed by atoms with van der Waals surface area (Å²) in [4.78, 5) is 20.6. The standard InChI is InChI=1S/C11H14O4/c1-3-8-14-15-11(12)9-4-6-10(13-2)7-5-9/h4-7H,3,8H2,1-2H3. The fourth-order valence-electron chi connectivity index (χ4n) is 0.954. The van der Waals surface area contributed by atoms with Gasteiger partial charge in [-0.1, -0.05) is 6.92 Å². The van der Waals surface area contributed by atoms with Gasteiger partial charge in [-0.05, 0) is 30.7 Å². The molecule has 0 unspecified atom stereocenters. The van der Waals surface area contributed by atoms with Gasteiger partial charge in [-0.25, -0.2) is 4.79 Å². The average Bonchev–Trinajstić information content (AvgIpc) is 2.29. The van der Waals surface area contributed by atoms with Crippen molar-refractivity contribution in [2.24, 2.45) is 0 Å². The van der Waals surface area contributed by atoms with Crippen molar-refractivity contribution in [2.75, 3.05) is 13.7 Å². The number of carbonyl (C=O) groups excluding carboxylic acids is 1. The van der Waals surface area contributed by atoms with Gasteiger partial charge in [0.05, 0.1) is 19.3 Å². The number of rotatable bonds is 5. The molecule has 0 fully saturated rings. The highest BCUT2D eigenvalue weighted by atomic mass is 17.2. The van der Waals surface area contributed by atoms with Crippen LogP contribution in [0.25, 0.3) is 0 Å². The van der Waals surface area contributed by atoms with Crippen LogP contribution < -0.4 is 4.74 Å². The first-order chi connectivity index (χ1) is 7.27. The maximum atomic E-state index is 11.3. The first-order valence-electron chi connectivity index (χ1n) is 4.75. The third-order valence-corrected chi connectivity index (χ3v) is 1.75. The molecule has 0 aliphatic rings. The van der Waals surface area contributed by atoms with E-state index in [-0.39, 0.29) is 0 Å². The lowest BCUT2D eigenvalue weighted by Gasteiger charge is -2.03. The van der Waals surface area contributed by atoms with Crippen molar-refractivity contribution in [3.63, 3.8) is 0 Å². The predicted molar refractivity (Wildman–Crippen MR) is 54.7 cm³/mol. The molecule has 0 N–H and O–H groups in total. The molecule has 1 rings (SSSR count). The molecule has 0 amide bonds. The summed E-state index contributed by atoms with van der Waals surface area (Å²) in [5.74, 6) is 0.201. The minimum absolute atomic E-state index is 0.405. The molecular weight excluding hydrogens is 196 g/mol. The van der Waals surface area contributed by atoms with Crippen molar-refractivity contribution in [1.82, 2.24) is 0 Å². The minimum atomic E-state index is -0.494. The molecule has 1 aromatic rings. The van der Waals surface area contributed by atoms with E-state index in [0.717, 1.165) is 6.42 Å². The summed E-state index contributed by atoms with van der Waals surface area (Å²) in [6.45, 7) is 2.34. The van der Waals surface area contributed by atoms with E-state index in [0.29, 0.717) is 17.9 Å². The van der Waals surface area contributed by atoms with Crippen LogP contribution in [-0.4, -0.2) is 19.7 Å². The highest BCUT2D eigenvalue weighted by Crippen LogP contribution is 2.12. The number of carbonyl (C=O) groups is 1. The molecule has 0 spiro atoms. The van der Waals surface area contributed by atoms with Crippen LogP contribution >= 0.6 is 0 Å². The van der Waals surface area contributed by atoms with Crippen LogP contribution in [0.1, 0.15) is 23.7 Å². The van der Waals surface area contributed by atoms with Gasteiger partial charge < -0.3 is 4.74 Å². The first kappa shape index (κ1) is 11.5. The van der Waals surface area contributed by atoms with Gasteiger partial charge in [-0.15, -0.1) is 0 Å². The maximum Gasteiger partial charge on any atom is 0.373 e. The van der Waals surface area contributed by atoms with E-state index in [9.17, 15) is 4.79 Å². The number of methoxy groups -OCH3 is 1. The Morgan fingerprint density at radius 2 is 1.93 bits per heavy atom. The molecule has 0 aromatic heterocycles. The van der Waals surface area contributed by atoms with Gasteiger partial charge in [0.25, 0.3) is 0 Å². The number of hydrogen-bond donors (Lipinski definition) is 0. The van der Waals surface area contributed by atoms with E-state index >= 15 is 0 Å². The lowest BCUT2D eigenvalue weighted by atomic mass is 10.2. The monoisotopic (exact) mass is 210 g/mol. The number of benzene rings is 1. The second-order valence-electron chi connectivity index (χ2n) is 2.92. The third kappa shape index (κ3) is 3.59. The van der Waals surface area contributed by atoms with Gasteiger partial charge in [-0.2, -0.15) is 4.89 Å². The highest BCUT2D eigenvalue weighted by molar-refractivity contribution is 5.89. The van der Waals surface area contributed by atoms with Crippen LogP contribution in [0.4, 0.5) is 0 Å². The van der Waals surface area contributed by atoms with Crippen molar-refractivity contribution >= 4 is 5.97 Å². The zero-order valence-electron chi connectivity index (χ0n) is 8.86. The molecule has 0 saturated heterocycles. The largest absolute Gasteiger partial charge is 0.497 e. The van der Waals surface area contributed by atoms with Gasteiger partial charge in [0.1, 0.15) is 5.75 Å². The minimum Gasteiger partial charge on any atom is -0.497 e. The molecule has 82 valence electrons. The molecule has 0 aliphatic carbocycles. The molecule has 0 atom stereocenters. The van der Waals surface area contributed by atoms with Gasteiger partial charge in [0.15, 0.2) is 0 Å². The van der Waals surface area contributed by atoms with E-state index in [2.05, 4.69) is 9.78 Å². The molecule has 0 aliphatic heterocycles. The summed E-state index contributed by atoms with van der Waals surface area (Å²) in [6.07, 6.45) is 0.801. The summed E-state index contributed by atoms with van der Waals surface area (Å²) in [7, 11) is 1.57. The van der Waals surface area contributed by atoms with Crippen LogP contribution in [0, 0.1) is 0 Å². The van der Waals surface area contributed by atoms with Crippen molar-refractivity contribution in [2.45, 2.75) is 13.3 Å². The fraction of sp³-hybridized carbons (Fsp3) is 0.364. The maximum absolute atomic E-state index is 11.3. The van der Waals surface area contributed by atoms with Gasteiger partial charge in [0.2, 0.25) is 0 Å². The summed E-state index contributed by atoms with van der Waals surface area (Å²) in [6, 6.07) is 6.62. The Kier molecular flexibility index (Phi) is 4.63. The molecule has 0 bridgehead atoms. The molecule has 0 saturated carbocycles. The third-order valence-electron chi connectivity index (χ3n) is 1.75. The van der Waals surface area contributed by atoms with E-state index in [1.54, 1.807) is 31.4 Å². The van der Waals surface area contributed by atoms with Crippen LogP contribution in [0.2, 0.25) is 0 Å². The molecule has 1 aromatic carbocycles. The van der Waals surface area contributed by atoms with Gasteiger partial charge in [0, 0.05) is 0 Å². The van der Waals surface area contributed by atoms with Crippen molar-refractivity contribution < 1.29 is 19.3 Å². The van der Waals surface area contributed by atoms with Crippen LogP contribution in [0.3, 0.4) is 0 Å². The number of ether oxygens (including phenoxy) is 1. The van der Waals surface area contributed by atoms with Crippen molar-refractivity contribution in [1.29, 1.82) is 0 Å². The molecule has 0 radical (unpaired) electrons. The normalized spacial score (nSPS) is 9.73. The van der Waals surface area contributed by atoms with Gasteiger partial charge >= 0.3 is 5.97 Å². The average molecular weight is 210 g/mol. The predicted octanol–water partition coefficient (Wildman–Crippen LogP) is 2.19. The Morgan fingerprint density at radius 3 is 2.47 bits per heavy atom. The lowest BCUT2D eigenvalue weighted by molar-refractivity contribution is -0.240. The van der Waals surface area contributed by atoms with Crippen LogP contribution in [-0.2, 0) is 9.78 Å².